The number of hydrogen-bond donors (Lipinski definition) is 0. The first-order valence-corrected chi connectivity index (χ1v) is 9.38. The summed E-state index contributed by atoms with van der Waals surface area (Å²) < 4.78 is 27.5. The number of benzene rings is 3. The fourth-order valence-corrected chi connectivity index (χ4v) is 3.90. The molecule has 0 bridgehead atoms. The molecule has 2 nitrogen and oxygen atoms in total. The standard InChI is InChI=1S/C24H21F2NO/c1-27(24(28)21-15-20(21)19-9-5-6-10-22(19)26)23(16-7-3-2-4-8-16)17-11-13-18(25)14-12-17/h2-14,20-21,23H,15H2,1H3/t20-,21+,23+/m0/s1. The third-order valence-corrected chi connectivity index (χ3v) is 5.45. The molecule has 0 aliphatic heterocycles. The molecule has 3 atom stereocenters. The van der Waals surface area contributed by atoms with Crippen molar-refractivity contribution < 1.29 is 13.6 Å². The summed E-state index contributed by atoms with van der Waals surface area (Å²) in [5.41, 5.74) is 2.40. The Balaban J connectivity index is 1.61. The van der Waals surface area contributed by atoms with Gasteiger partial charge in [0.25, 0.3) is 0 Å². The van der Waals surface area contributed by atoms with E-state index in [2.05, 4.69) is 0 Å². The molecule has 4 heteroatoms. The first-order chi connectivity index (χ1) is 13.6. The molecule has 1 aliphatic carbocycles. The molecule has 0 N–H and O–H groups in total. The van der Waals surface area contributed by atoms with Gasteiger partial charge in [0.1, 0.15) is 11.6 Å². The van der Waals surface area contributed by atoms with Crippen molar-refractivity contribution in [2.45, 2.75) is 18.4 Å². The molecule has 3 aromatic rings. The summed E-state index contributed by atoms with van der Waals surface area (Å²) in [6.45, 7) is 0. The predicted octanol–water partition coefficient (Wildman–Crippen LogP) is 5.32. The van der Waals surface area contributed by atoms with E-state index in [0.717, 1.165) is 11.1 Å². The summed E-state index contributed by atoms with van der Waals surface area (Å²) in [6.07, 6.45) is 0.648. The second kappa shape index (κ2) is 7.55. The van der Waals surface area contributed by atoms with Crippen molar-refractivity contribution in [3.8, 4) is 0 Å². The van der Waals surface area contributed by atoms with Gasteiger partial charge in [-0.1, -0.05) is 60.7 Å². The fraction of sp³-hybridized carbons (Fsp3) is 0.208. The minimum Gasteiger partial charge on any atom is -0.334 e. The molecule has 1 aliphatic rings. The van der Waals surface area contributed by atoms with Gasteiger partial charge in [0, 0.05) is 13.0 Å². The molecule has 0 unspecified atom stereocenters. The Morgan fingerprint density at radius 1 is 0.893 bits per heavy atom. The Kier molecular flexibility index (Phi) is 4.95. The topological polar surface area (TPSA) is 20.3 Å². The molecular formula is C24H21F2NO. The molecule has 142 valence electrons. The van der Waals surface area contributed by atoms with Gasteiger partial charge in [0.2, 0.25) is 5.91 Å². The van der Waals surface area contributed by atoms with Crippen molar-refractivity contribution in [3.05, 3.63) is 107 Å². The summed E-state index contributed by atoms with van der Waals surface area (Å²) in [4.78, 5) is 14.9. The van der Waals surface area contributed by atoms with E-state index in [1.807, 2.05) is 30.3 Å². The highest BCUT2D eigenvalue weighted by Crippen LogP contribution is 2.50. The smallest absolute Gasteiger partial charge is 0.226 e. The quantitative estimate of drug-likeness (QED) is 0.590. The molecule has 1 fully saturated rings. The average Bonchev–Trinajstić information content (AvgIpc) is 3.51. The molecule has 3 aromatic carbocycles. The highest BCUT2D eigenvalue weighted by molar-refractivity contribution is 5.83. The van der Waals surface area contributed by atoms with Crippen LogP contribution in [0.3, 0.4) is 0 Å². The van der Waals surface area contributed by atoms with E-state index in [0.29, 0.717) is 12.0 Å². The number of halogens is 2. The predicted molar refractivity (Wildman–Crippen MR) is 105 cm³/mol. The SMILES string of the molecule is CN(C(=O)[C@@H]1C[C@H]1c1ccccc1F)[C@H](c1ccccc1)c1ccc(F)cc1. The fourth-order valence-electron chi connectivity index (χ4n) is 3.90. The Morgan fingerprint density at radius 2 is 1.50 bits per heavy atom. The zero-order valence-electron chi connectivity index (χ0n) is 15.6. The van der Waals surface area contributed by atoms with Gasteiger partial charge in [0.05, 0.1) is 6.04 Å². The highest BCUT2D eigenvalue weighted by Gasteiger charge is 2.47. The lowest BCUT2D eigenvalue weighted by Gasteiger charge is -2.29. The van der Waals surface area contributed by atoms with Crippen LogP contribution in [-0.4, -0.2) is 17.9 Å². The summed E-state index contributed by atoms with van der Waals surface area (Å²) in [6, 6.07) is 22.2. The zero-order valence-corrected chi connectivity index (χ0v) is 15.6. The van der Waals surface area contributed by atoms with Crippen LogP contribution in [0, 0.1) is 17.6 Å². The van der Waals surface area contributed by atoms with E-state index in [1.165, 1.54) is 18.2 Å². The Morgan fingerprint density at radius 3 is 2.18 bits per heavy atom. The number of hydrogen-bond acceptors (Lipinski definition) is 1. The molecule has 28 heavy (non-hydrogen) atoms. The second-order valence-electron chi connectivity index (χ2n) is 7.28. The van der Waals surface area contributed by atoms with Crippen LogP contribution in [0.25, 0.3) is 0 Å². The molecule has 4 rings (SSSR count). The van der Waals surface area contributed by atoms with Crippen LogP contribution in [-0.2, 0) is 4.79 Å². The van der Waals surface area contributed by atoms with Crippen molar-refractivity contribution in [2.75, 3.05) is 7.05 Å². The van der Waals surface area contributed by atoms with Crippen molar-refractivity contribution in [2.24, 2.45) is 5.92 Å². The van der Waals surface area contributed by atoms with Gasteiger partial charge in [-0.3, -0.25) is 4.79 Å². The molecular weight excluding hydrogens is 356 g/mol. The monoisotopic (exact) mass is 377 g/mol. The van der Waals surface area contributed by atoms with Crippen molar-refractivity contribution >= 4 is 5.91 Å². The van der Waals surface area contributed by atoms with Crippen LogP contribution in [0.2, 0.25) is 0 Å². The van der Waals surface area contributed by atoms with Crippen molar-refractivity contribution in [1.29, 1.82) is 0 Å². The Bertz CT molecular complexity index is 971. The average molecular weight is 377 g/mol. The molecule has 0 saturated heterocycles. The third-order valence-electron chi connectivity index (χ3n) is 5.45. The lowest BCUT2D eigenvalue weighted by atomic mass is 9.96. The Labute approximate surface area is 163 Å². The van der Waals surface area contributed by atoms with Gasteiger partial charge in [-0.05, 0) is 47.2 Å². The van der Waals surface area contributed by atoms with Crippen LogP contribution >= 0.6 is 0 Å². The van der Waals surface area contributed by atoms with Gasteiger partial charge in [-0.2, -0.15) is 0 Å². The van der Waals surface area contributed by atoms with E-state index in [-0.39, 0.29) is 35.4 Å². The van der Waals surface area contributed by atoms with Crippen LogP contribution in [0.1, 0.15) is 35.1 Å². The van der Waals surface area contributed by atoms with Crippen molar-refractivity contribution in [1.82, 2.24) is 4.90 Å². The molecule has 0 radical (unpaired) electrons. The normalized spacial score (nSPS) is 19.1. The summed E-state index contributed by atoms with van der Waals surface area (Å²) in [5, 5.41) is 0. The van der Waals surface area contributed by atoms with Crippen molar-refractivity contribution in [3.63, 3.8) is 0 Å². The zero-order chi connectivity index (χ0) is 19.7. The van der Waals surface area contributed by atoms with Gasteiger partial charge in [-0.15, -0.1) is 0 Å². The first kappa shape index (κ1) is 18.4. The number of amides is 1. The van der Waals surface area contributed by atoms with E-state index >= 15 is 0 Å². The van der Waals surface area contributed by atoms with Crippen LogP contribution in [0.15, 0.2) is 78.9 Å². The van der Waals surface area contributed by atoms with Gasteiger partial charge < -0.3 is 4.90 Å². The lowest BCUT2D eigenvalue weighted by molar-refractivity contribution is -0.132. The minimum absolute atomic E-state index is 0.0218. The number of carbonyl (C=O) groups is 1. The molecule has 0 heterocycles. The first-order valence-electron chi connectivity index (χ1n) is 9.38. The molecule has 0 spiro atoms. The minimum atomic E-state index is -0.323. The third kappa shape index (κ3) is 3.55. The number of carbonyl (C=O) groups excluding carboxylic acids is 1. The Hall–Kier alpha value is -3.01. The van der Waals surface area contributed by atoms with Gasteiger partial charge in [0.15, 0.2) is 0 Å². The molecule has 0 aromatic heterocycles. The summed E-state index contributed by atoms with van der Waals surface area (Å²) >= 11 is 0. The highest BCUT2D eigenvalue weighted by atomic mass is 19.1. The van der Waals surface area contributed by atoms with Crippen LogP contribution in [0.5, 0.6) is 0 Å². The molecule has 1 amide bonds. The maximum atomic E-state index is 14.1. The van der Waals surface area contributed by atoms with E-state index < -0.39 is 0 Å². The van der Waals surface area contributed by atoms with Crippen LogP contribution in [0.4, 0.5) is 8.78 Å². The van der Waals surface area contributed by atoms with Crippen LogP contribution < -0.4 is 0 Å². The van der Waals surface area contributed by atoms with Gasteiger partial charge >= 0.3 is 0 Å². The second-order valence-corrected chi connectivity index (χ2v) is 7.28. The summed E-state index contributed by atoms with van der Waals surface area (Å²) in [7, 11) is 1.76. The maximum absolute atomic E-state index is 14.1. The van der Waals surface area contributed by atoms with E-state index in [9.17, 15) is 13.6 Å². The summed E-state index contributed by atoms with van der Waals surface area (Å²) in [5.74, 6) is -0.907. The largest absolute Gasteiger partial charge is 0.334 e. The molecule has 1 saturated carbocycles. The number of nitrogens with zero attached hydrogens (tertiary/aromatic N) is 1. The van der Waals surface area contributed by atoms with Gasteiger partial charge in [-0.25, -0.2) is 8.78 Å². The number of rotatable bonds is 5. The van der Waals surface area contributed by atoms with E-state index in [4.69, 9.17) is 0 Å². The van der Waals surface area contributed by atoms with E-state index in [1.54, 1.807) is 42.3 Å². The maximum Gasteiger partial charge on any atom is 0.226 e. The lowest BCUT2D eigenvalue weighted by Crippen LogP contribution is -2.33.